The number of ether oxygens (including phenoxy) is 1. The van der Waals surface area contributed by atoms with Crippen molar-refractivity contribution in [1.29, 1.82) is 0 Å². The first kappa shape index (κ1) is 15.5. The van der Waals surface area contributed by atoms with E-state index < -0.39 is 11.9 Å². The lowest BCUT2D eigenvalue weighted by molar-refractivity contribution is -0.141. The summed E-state index contributed by atoms with van der Waals surface area (Å²) in [5, 5.41) is 2.49. The number of hydrogen-bond donors (Lipinski definition) is 1. The fourth-order valence-corrected chi connectivity index (χ4v) is 1.66. The Hall–Kier alpha value is -1.53. The second-order valence-corrected chi connectivity index (χ2v) is 4.72. The summed E-state index contributed by atoms with van der Waals surface area (Å²) in [6.07, 6.45) is -3.99. The zero-order valence-electron chi connectivity index (χ0n) is 11.4. The fraction of sp³-hybridized carbons (Fsp3) is 0.667. The van der Waals surface area contributed by atoms with E-state index in [1.54, 1.807) is 6.92 Å². The van der Waals surface area contributed by atoms with Gasteiger partial charge in [-0.3, -0.25) is 0 Å². The largest absolute Gasteiger partial charge is 0.475 e. The Labute approximate surface area is 110 Å². The lowest BCUT2D eigenvalue weighted by atomic mass is 10.1. The lowest BCUT2D eigenvalue weighted by Crippen LogP contribution is -2.17. The molecule has 7 heteroatoms. The molecule has 1 atom stereocenters. The molecule has 0 bridgehead atoms. The average molecular weight is 277 g/mol. The van der Waals surface area contributed by atoms with Crippen molar-refractivity contribution >= 4 is 5.95 Å². The van der Waals surface area contributed by atoms with Crippen LogP contribution in [-0.2, 0) is 6.18 Å². The molecule has 4 nitrogen and oxygen atoms in total. The first-order chi connectivity index (χ1) is 8.72. The molecule has 0 saturated heterocycles. The summed E-state index contributed by atoms with van der Waals surface area (Å²) in [7, 11) is 1.46. The number of aromatic nitrogens is 2. The highest BCUT2D eigenvalue weighted by Gasteiger charge is 2.34. The van der Waals surface area contributed by atoms with Gasteiger partial charge in [-0.05, 0) is 19.3 Å². The van der Waals surface area contributed by atoms with Gasteiger partial charge in [-0.1, -0.05) is 13.8 Å². The van der Waals surface area contributed by atoms with Crippen LogP contribution in [0.4, 0.5) is 19.1 Å². The summed E-state index contributed by atoms with van der Waals surface area (Å²) in [4.78, 5) is 7.23. The van der Waals surface area contributed by atoms with E-state index in [1.807, 2.05) is 13.8 Å². The summed E-state index contributed by atoms with van der Waals surface area (Å²) in [6.45, 7) is 5.83. The van der Waals surface area contributed by atoms with Gasteiger partial charge in [-0.15, -0.1) is 0 Å². The molecule has 0 radical (unpaired) electrons. The van der Waals surface area contributed by atoms with Crippen LogP contribution in [0.5, 0.6) is 5.88 Å². The molecule has 19 heavy (non-hydrogen) atoms. The number of rotatable bonds is 5. The van der Waals surface area contributed by atoms with Crippen LogP contribution in [-0.4, -0.2) is 23.1 Å². The van der Waals surface area contributed by atoms with Gasteiger partial charge in [0.05, 0.1) is 6.10 Å². The normalized spacial score (nSPS) is 13.5. The highest BCUT2D eigenvalue weighted by Crippen LogP contribution is 2.30. The Morgan fingerprint density at radius 2 is 1.89 bits per heavy atom. The summed E-state index contributed by atoms with van der Waals surface area (Å²) in [6, 6.07) is 0.817. The Morgan fingerprint density at radius 3 is 2.37 bits per heavy atom. The molecule has 0 fully saturated rings. The van der Waals surface area contributed by atoms with Crippen molar-refractivity contribution < 1.29 is 17.9 Å². The topological polar surface area (TPSA) is 47.0 Å². The molecule has 0 aliphatic heterocycles. The van der Waals surface area contributed by atoms with Crippen LogP contribution in [0, 0.1) is 5.92 Å². The minimum absolute atomic E-state index is 0.0696. The zero-order valence-corrected chi connectivity index (χ0v) is 11.4. The van der Waals surface area contributed by atoms with Gasteiger partial charge in [0.25, 0.3) is 0 Å². The third-order valence-electron chi connectivity index (χ3n) is 2.34. The zero-order chi connectivity index (χ0) is 14.6. The van der Waals surface area contributed by atoms with Crippen LogP contribution in [0.15, 0.2) is 6.07 Å². The van der Waals surface area contributed by atoms with E-state index in [0.717, 1.165) is 12.5 Å². The third kappa shape index (κ3) is 4.92. The minimum Gasteiger partial charge on any atom is -0.475 e. The average Bonchev–Trinajstić information content (AvgIpc) is 2.25. The van der Waals surface area contributed by atoms with E-state index >= 15 is 0 Å². The van der Waals surface area contributed by atoms with Crippen LogP contribution in [0.1, 0.15) is 32.9 Å². The van der Waals surface area contributed by atoms with E-state index in [9.17, 15) is 13.2 Å². The van der Waals surface area contributed by atoms with Crippen molar-refractivity contribution in [3.63, 3.8) is 0 Å². The van der Waals surface area contributed by atoms with Crippen LogP contribution < -0.4 is 10.1 Å². The molecule has 1 aromatic rings. The highest BCUT2D eigenvalue weighted by molar-refractivity contribution is 5.31. The molecular weight excluding hydrogens is 259 g/mol. The van der Waals surface area contributed by atoms with Crippen molar-refractivity contribution in [2.24, 2.45) is 5.92 Å². The van der Waals surface area contributed by atoms with Gasteiger partial charge in [0.2, 0.25) is 11.8 Å². The minimum atomic E-state index is -4.52. The summed E-state index contributed by atoms with van der Waals surface area (Å²) >= 11 is 0. The van der Waals surface area contributed by atoms with Crippen LogP contribution in [0.25, 0.3) is 0 Å². The molecule has 0 aliphatic rings. The van der Waals surface area contributed by atoms with Crippen LogP contribution in [0.3, 0.4) is 0 Å². The van der Waals surface area contributed by atoms with E-state index in [1.165, 1.54) is 7.05 Å². The van der Waals surface area contributed by atoms with Crippen LogP contribution in [0.2, 0.25) is 0 Å². The molecule has 0 aromatic carbocycles. The first-order valence-corrected chi connectivity index (χ1v) is 6.03. The number of nitrogens with zero attached hydrogens (tertiary/aromatic N) is 2. The highest BCUT2D eigenvalue weighted by atomic mass is 19.4. The van der Waals surface area contributed by atoms with Crippen molar-refractivity contribution in [1.82, 2.24) is 9.97 Å². The predicted octanol–water partition coefficient (Wildman–Crippen LogP) is 3.35. The monoisotopic (exact) mass is 277 g/mol. The lowest BCUT2D eigenvalue weighted by Gasteiger charge is -2.17. The number of anilines is 1. The quantitative estimate of drug-likeness (QED) is 0.896. The second-order valence-electron chi connectivity index (χ2n) is 4.72. The van der Waals surface area contributed by atoms with Gasteiger partial charge in [0, 0.05) is 13.1 Å². The molecule has 1 unspecified atom stereocenters. The summed E-state index contributed by atoms with van der Waals surface area (Å²) in [5.74, 6) is 0.212. The Balaban J connectivity index is 2.94. The van der Waals surface area contributed by atoms with E-state index in [2.05, 4.69) is 15.3 Å². The van der Waals surface area contributed by atoms with E-state index in [-0.39, 0.29) is 17.9 Å². The molecule has 0 saturated carbocycles. The van der Waals surface area contributed by atoms with E-state index in [0.29, 0.717) is 5.92 Å². The Bertz CT molecular complexity index is 421. The van der Waals surface area contributed by atoms with Crippen molar-refractivity contribution in [2.45, 2.75) is 39.5 Å². The van der Waals surface area contributed by atoms with Crippen LogP contribution >= 0.6 is 0 Å². The second kappa shape index (κ2) is 6.08. The molecule has 1 heterocycles. The molecule has 0 aliphatic carbocycles. The Morgan fingerprint density at radius 1 is 1.26 bits per heavy atom. The molecule has 1 aromatic heterocycles. The number of alkyl halides is 3. The van der Waals surface area contributed by atoms with Crippen molar-refractivity contribution in [3.05, 3.63) is 11.8 Å². The van der Waals surface area contributed by atoms with E-state index in [4.69, 9.17) is 4.74 Å². The maximum absolute atomic E-state index is 12.7. The number of halogens is 3. The number of hydrogen-bond acceptors (Lipinski definition) is 4. The van der Waals surface area contributed by atoms with Crippen molar-refractivity contribution in [3.8, 4) is 5.88 Å². The van der Waals surface area contributed by atoms with Gasteiger partial charge < -0.3 is 10.1 Å². The molecule has 108 valence electrons. The SMILES string of the molecule is CNc1nc(OC(C)CC(C)C)cc(C(F)(F)F)n1. The summed E-state index contributed by atoms with van der Waals surface area (Å²) in [5.41, 5.74) is -1.02. The van der Waals surface area contributed by atoms with Gasteiger partial charge in [-0.25, -0.2) is 4.98 Å². The fourth-order valence-electron chi connectivity index (χ4n) is 1.66. The Kier molecular flexibility index (Phi) is 4.97. The van der Waals surface area contributed by atoms with Gasteiger partial charge in [0.1, 0.15) is 0 Å². The third-order valence-corrected chi connectivity index (χ3v) is 2.34. The van der Waals surface area contributed by atoms with Gasteiger partial charge in [-0.2, -0.15) is 18.2 Å². The summed E-state index contributed by atoms with van der Waals surface area (Å²) < 4.78 is 43.4. The van der Waals surface area contributed by atoms with Gasteiger partial charge in [0.15, 0.2) is 5.69 Å². The smallest absolute Gasteiger partial charge is 0.433 e. The standard InChI is InChI=1S/C12H18F3N3O/c1-7(2)5-8(3)19-10-6-9(12(13,14)15)17-11(16-4)18-10/h6-8H,5H2,1-4H3,(H,16,17,18). The molecule has 0 amide bonds. The maximum atomic E-state index is 12.7. The van der Waals surface area contributed by atoms with Gasteiger partial charge >= 0.3 is 6.18 Å². The predicted molar refractivity (Wildman–Crippen MR) is 66.1 cm³/mol. The molecule has 1 N–H and O–H groups in total. The molecule has 0 spiro atoms. The van der Waals surface area contributed by atoms with Crippen molar-refractivity contribution in [2.75, 3.05) is 12.4 Å². The maximum Gasteiger partial charge on any atom is 0.433 e. The first-order valence-electron chi connectivity index (χ1n) is 6.03. The molecular formula is C12H18F3N3O. The molecule has 1 rings (SSSR count). The number of nitrogens with one attached hydrogen (secondary N) is 1.